The fraction of sp³-hybridized carbons (Fsp3) is 0.400. The van der Waals surface area contributed by atoms with E-state index in [0.717, 1.165) is 30.9 Å². The van der Waals surface area contributed by atoms with Gasteiger partial charge < -0.3 is 15.5 Å². The van der Waals surface area contributed by atoms with Crippen LogP contribution in [-0.4, -0.2) is 30.6 Å². The van der Waals surface area contributed by atoms with Gasteiger partial charge in [0.05, 0.1) is 0 Å². The zero-order chi connectivity index (χ0) is 17.5. The molecule has 25 heavy (non-hydrogen) atoms. The summed E-state index contributed by atoms with van der Waals surface area (Å²) >= 11 is 0. The molecule has 1 aliphatic heterocycles. The number of anilines is 1. The summed E-state index contributed by atoms with van der Waals surface area (Å²) < 4.78 is 0. The van der Waals surface area contributed by atoms with Crippen LogP contribution in [-0.2, 0) is 13.0 Å². The van der Waals surface area contributed by atoms with Gasteiger partial charge in [0.25, 0.3) is 0 Å². The quantitative estimate of drug-likeness (QED) is 0.851. The second kappa shape index (κ2) is 8.51. The number of hydrogen-bond donors (Lipinski definition) is 2. The zero-order valence-electron chi connectivity index (χ0n) is 14.8. The Hall–Kier alpha value is -2.56. The summed E-state index contributed by atoms with van der Waals surface area (Å²) in [6.07, 6.45) is 5.12. The molecule has 1 aromatic carbocycles. The van der Waals surface area contributed by atoms with E-state index in [2.05, 4.69) is 45.6 Å². The minimum absolute atomic E-state index is 0.131. The molecule has 3 rings (SSSR count). The molecule has 1 fully saturated rings. The number of urea groups is 1. The highest BCUT2D eigenvalue weighted by atomic mass is 16.2. The van der Waals surface area contributed by atoms with Crippen molar-refractivity contribution in [3.63, 3.8) is 0 Å². The first kappa shape index (κ1) is 17.3. The number of nitrogens with zero attached hydrogens (tertiary/aromatic N) is 2. The highest BCUT2D eigenvalue weighted by molar-refractivity contribution is 5.73. The van der Waals surface area contributed by atoms with Crippen molar-refractivity contribution in [3.05, 3.63) is 59.3 Å². The van der Waals surface area contributed by atoms with E-state index in [4.69, 9.17) is 0 Å². The zero-order valence-corrected chi connectivity index (χ0v) is 14.8. The van der Waals surface area contributed by atoms with Gasteiger partial charge in [0, 0.05) is 32.4 Å². The second-order valence-electron chi connectivity index (χ2n) is 6.50. The van der Waals surface area contributed by atoms with Gasteiger partial charge >= 0.3 is 6.03 Å². The van der Waals surface area contributed by atoms with Crippen molar-refractivity contribution < 1.29 is 4.79 Å². The molecule has 0 atom stereocenters. The lowest BCUT2D eigenvalue weighted by atomic mass is 10.1. The van der Waals surface area contributed by atoms with Crippen LogP contribution in [0.1, 0.15) is 29.5 Å². The molecule has 1 aliphatic rings. The van der Waals surface area contributed by atoms with E-state index >= 15 is 0 Å². The fourth-order valence-corrected chi connectivity index (χ4v) is 3.14. The van der Waals surface area contributed by atoms with Gasteiger partial charge in [-0.2, -0.15) is 0 Å². The average molecular weight is 338 g/mol. The SMILES string of the molecule is Cc1ccccc1CCNC(=O)NCc1ccnc(N2CCCC2)c1. The summed E-state index contributed by atoms with van der Waals surface area (Å²) in [5.74, 6) is 1.01. The van der Waals surface area contributed by atoms with Crippen LogP contribution in [0.4, 0.5) is 10.6 Å². The maximum atomic E-state index is 12.0. The van der Waals surface area contributed by atoms with Crippen LogP contribution < -0.4 is 15.5 Å². The van der Waals surface area contributed by atoms with Crippen molar-refractivity contribution in [2.24, 2.45) is 0 Å². The number of carbonyl (C=O) groups excluding carboxylic acids is 1. The number of rotatable bonds is 6. The Bertz CT molecular complexity index is 710. The van der Waals surface area contributed by atoms with E-state index in [1.54, 1.807) is 0 Å². The van der Waals surface area contributed by atoms with Crippen molar-refractivity contribution in [3.8, 4) is 0 Å². The fourth-order valence-electron chi connectivity index (χ4n) is 3.14. The Balaban J connectivity index is 1.43. The van der Waals surface area contributed by atoms with Crippen molar-refractivity contribution in [1.82, 2.24) is 15.6 Å². The maximum Gasteiger partial charge on any atom is 0.315 e. The molecule has 0 saturated carbocycles. The first-order valence-electron chi connectivity index (χ1n) is 8.98. The molecule has 5 heteroatoms. The van der Waals surface area contributed by atoms with Gasteiger partial charge in [0.1, 0.15) is 5.82 Å². The van der Waals surface area contributed by atoms with Crippen LogP contribution in [0.2, 0.25) is 0 Å². The van der Waals surface area contributed by atoms with Crippen LogP contribution in [0.3, 0.4) is 0 Å². The molecule has 2 heterocycles. The average Bonchev–Trinajstić information content (AvgIpc) is 3.17. The third-order valence-electron chi connectivity index (χ3n) is 4.63. The third-order valence-corrected chi connectivity index (χ3v) is 4.63. The van der Waals surface area contributed by atoms with Crippen molar-refractivity contribution >= 4 is 11.8 Å². The molecule has 0 radical (unpaired) electrons. The van der Waals surface area contributed by atoms with Crippen LogP contribution in [0.25, 0.3) is 0 Å². The molecular weight excluding hydrogens is 312 g/mol. The Morgan fingerprint density at radius 2 is 1.96 bits per heavy atom. The van der Waals surface area contributed by atoms with Crippen LogP contribution in [0.5, 0.6) is 0 Å². The van der Waals surface area contributed by atoms with E-state index in [-0.39, 0.29) is 6.03 Å². The summed E-state index contributed by atoms with van der Waals surface area (Å²) in [5, 5.41) is 5.84. The number of pyridine rings is 1. The third kappa shape index (κ3) is 4.95. The van der Waals surface area contributed by atoms with Crippen molar-refractivity contribution in [2.75, 3.05) is 24.5 Å². The largest absolute Gasteiger partial charge is 0.357 e. The van der Waals surface area contributed by atoms with Crippen molar-refractivity contribution in [2.45, 2.75) is 32.7 Å². The molecule has 2 N–H and O–H groups in total. The van der Waals surface area contributed by atoms with Gasteiger partial charge in [-0.1, -0.05) is 24.3 Å². The number of aromatic nitrogens is 1. The number of benzene rings is 1. The molecule has 1 saturated heterocycles. The predicted molar refractivity (Wildman–Crippen MR) is 101 cm³/mol. The molecule has 0 unspecified atom stereocenters. The Morgan fingerprint density at radius 1 is 1.16 bits per heavy atom. The normalized spacial score (nSPS) is 13.7. The lowest BCUT2D eigenvalue weighted by molar-refractivity contribution is 0.240. The number of aryl methyl sites for hydroxylation is 1. The van der Waals surface area contributed by atoms with Gasteiger partial charge in [0.15, 0.2) is 0 Å². The molecular formula is C20H26N4O. The van der Waals surface area contributed by atoms with Gasteiger partial charge in [-0.25, -0.2) is 9.78 Å². The van der Waals surface area contributed by atoms with Crippen LogP contribution in [0.15, 0.2) is 42.6 Å². The number of amides is 2. The van der Waals surface area contributed by atoms with E-state index in [1.165, 1.54) is 24.0 Å². The van der Waals surface area contributed by atoms with Gasteiger partial charge in [-0.15, -0.1) is 0 Å². The Labute approximate surface area is 149 Å². The second-order valence-corrected chi connectivity index (χ2v) is 6.50. The van der Waals surface area contributed by atoms with Gasteiger partial charge in [-0.05, 0) is 55.0 Å². The highest BCUT2D eigenvalue weighted by Crippen LogP contribution is 2.18. The monoisotopic (exact) mass is 338 g/mol. The number of carbonyl (C=O) groups is 1. The standard InChI is InChI=1S/C20H26N4O/c1-16-6-2-3-7-18(16)9-11-22-20(25)23-15-17-8-10-21-19(14-17)24-12-4-5-13-24/h2-3,6-8,10,14H,4-5,9,11-13,15H2,1H3,(H2,22,23,25). The predicted octanol–water partition coefficient (Wildman–Crippen LogP) is 3.03. The Morgan fingerprint density at radius 3 is 2.76 bits per heavy atom. The highest BCUT2D eigenvalue weighted by Gasteiger charge is 2.13. The maximum absolute atomic E-state index is 12.0. The molecule has 0 aliphatic carbocycles. The smallest absolute Gasteiger partial charge is 0.315 e. The molecule has 5 nitrogen and oxygen atoms in total. The molecule has 0 bridgehead atoms. The van der Waals surface area contributed by atoms with E-state index in [1.807, 2.05) is 24.4 Å². The minimum Gasteiger partial charge on any atom is -0.357 e. The van der Waals surface area contributed by atoms with Crippen LogP contribution >= 0.6 is 0 Å². The van der Waals surface area contributed by atoms with Crippen LogP contribution in [0, 0.1) is 6.92 Å². The lowest BCUT2D eigenvalue weighted by Crippen LogP contribution is -2.36. The minimum atomic E-state index is -0.131. The first-order chi connectivity index (χ1) is 12.2. The molecule has 132 valence electrons. The van der Waals surface area contributed by atoms with Crippen molar-refractivity contribution in [1.29, 1.82) is 0 Å². The van der Waals surface area contributed by atoms with E-state index in [0.29, 0.717) is 13.1 Å². The summed E-state index contributed by atoms with van der Waals surface area (Å²) in [6, 6.07) is 12.1. The van der Waals surface area contributed by atoms with Gasteiger partial charge in [0.2, 0.25) is 0 Å². The topological polar surface area (TPSA) is 57.3 Å². The Kier molecular flexibility index (Phi) is 5.88. The van der Waals surface area contributed by atoms with E-state index < -0.39 is 0 Å². The van der Waals surface area contributed by atoms with Gasteiger partial charge in [-0.3, -0.25) is 0 Å². The molecule has 0 spiro atoms. The summed E-state index contributed by atoms with van der Waals surface area (Å²) in [5.41, 5.74) is 3.61. The van der Waals surface area contributed by atoms with E-state index in [9.17, 15) is 4.79 Å². The molecule has 2 amide bonds. The first-order valence-corrected chi connectivity index (χ1v) is 8.98. The number of nitrogens with one attached hydrogen (secondary N) is 2. The summed E-state index contributed by atoms with van der Waals surface area (Å²) in [7, 11) is 0. The summed E-state index contributed by atoms with van der Waals surface area (Å²) in [4.78, 5) is 18.7. The summed E-state index contributed by atoms with van der Waals surface area (Å²) in [6.45, 7) is 5.38. The molecule has 2 aromatic rings. The number of hydrogen-bond acceptors (Lipinski definition) is 3. The lowest BCUT2D eigenvalue weighted by Gasteiger charge is -2.17. The molecule has 1 aromatic heterocycles.